The van der Waals surface area contributed by atoms with Crippen LogP contribution in [0.2, 0.25) is 0 Å². The number of amides is 1. The number of aromatic nitrogens is 3. The van der Waals surface area contributed by atoms with E-state index in [1.807, 2.05) is 54.8 Å². The first-order valence-electron chi connectivity index (χ1n) is 10.2. The number of para-hydroxylation sites is 1. The van der Waals surface area contributed by atoms with Crippen molar-refractivity contribution in [1.82, 2.24) is 14.8 Å². The summed E-state index contributed by atoms with van der Waals surface area (Å²) in [6.45, 7) is 8.31. The number of furan rings is 1. The number of halogens is 1. The highest BCUT2D eigenvalue weighted by Gasteiger charge is 2.19. The van der Waals surface area contributed by atoms with E-state index in [0.29, 0.717) is 34.6 Å². The number of anilines is 1. The minimum Gasteiger partial charge on any atom is -0.493 e. The molecular weight excluding hydrogens is 551 g/mol. The normalized spacial score (nSPS) is 11.0. The lowest BCUT2D eigenvalue weighted by atomic mass is 10.1. The molecule has 2 aromatic carbocycles. The first-order valence-corrected chi connectivity index (χ1v) is 12.3. The van der Waals surface area contributed by atoms with Gasteiger partial charge in [-0.05, 0) is 71.8 Å². The first kappa shape index (κ1) is 23.4. The number of nitrogens with zero attached hydrogens (tertiary/aromatic N) is 3. The monoisotopic (exact) mass is 574 g/mol. The van der Waals surface area contributed by atoms with E-state index in [0.717, 1.165) is 25.8 Å². The number of carbonyl (C=O) groups is 1. The number of fused-ring (bicyclic) bond motifs is 1. The second-order valence-corrected chi connectivity index (χ2v) is 9.63. The molecule has 9 heteroatoms. The minimum absolute atomic E-state index is 0.101. The zero-order valence-corrected chi connectivity index (χ0v) is 21.5. The third-order valence-electron chi connectivity index (χ3n) is 5.07. The second kappa shape index (κ2) is 10.0. The molecule has 0 atom stereocenters. The zero-order chi connectivity index (χ0) is 23.5. The lowest BCUT2D eigenvalue weighted by Gasteiger charge is -2.12. The number of benzene rings is 2. The lowest BCUT2D eigenvalue weighted by molar-refractivity contribution is -0.113. The Bertz CT molecular complexity index is 1320. The van der Waals surface area contributed by atoms with E-state index in [4.69, 9.17) is 9.15 Å². The molecule has 0 saturated heterocycles. The molecule has 0 aliphatic rings. The third-order valence-corrected chi connectivity index (χ3v) is 6.66. The SMILES string of the molecule is C=CCn1c(SCC(=O)Nc2c(C)cc(I)cc2C)nnc1-c1cc2cccc(OC)c2o1. The molecule has 7 nitrogen and oxygen atoms in total. The van der Waals surface area contributed by atoms with E-state index in [9.17, 15) is 4.79 Å². The molecule has 0 spiro atoms. The Balaban J connectivity index is 1.55. The van der Waals surface area contributed by atoms with Crippen molar-refractivity contribution in [2.24, 2.45) is 0 Å². The van der Waals surface area contributed by atoms with Crippen molar-refractivity contribution in [2.45, 2.75) is 25.5 Å². The molecule has 0 unspecified atom stereocenters. The van der Waals surface area contributed by atoms with Gasteiger partial charge in [0, 0.05) is 21.2 Å². The van der Waals surface area contributed by atoms with E-state index in [1.165, 1.54) is 11.8 Å². The molecule has 0 bridgehead atoms. The number of carbonyl (C=O) groups excluding carboxylic acids is 1. The molecule has 0 aliphatic heterocycles. The average Bonchev–Trinajstić information content (AvgIpc) is 3.38. The molecule has 2 aromatic heterocycles. The van der Waals surface area contributed by atoms with Crippen LogP contribution >= 0.6 is 34.4 Å². The predicted molar refractivity (Wildman–Crippen MR) is 140 cm³/mol. The number of thioether (sulfide) groups is 1. The summed E-state index contributed by atoms with van der Waals surface area (Å²) < 4.78 is 14.5. The van der Waals surface area contributed by atoms with Crippen LogP contribution < -0.4 is 10.1 Å². The Hall–Kier alpha value is -2.79. The van der Waals surface area contributed by atoms with Crippen LogP contribution in [0.5, 0.6) is 5.75 Å². The van der Waals surface area contributed by atoms with Crippen molar-refractivity contribution in [3.8, 4) is 17.3 Å². The number of rotatable bonds is 8. The molecule has 0 radical (unpaired) electrons. The van der Waals surface area contributed by atoms with Crippen LogP contribution in [0.3, 0.4) is 0 Å². The maximum atomic E-state index is 12.7. The van der Waals surface area contributed by atoms with E-state index in [1.54, 1.807) is 13.2 Å². The average molecular weight is 574 g/mol. The number of allylic oxidation sites excluding steroid dienone is 1. The summed E-state index contributed by atoms with van der Waals surface area (Å²) in [6.07, 6.45) is 1.76. The van der Waals surface area contributed by atoms with Crippen LogP contribution in [-0.4, -0.2) is 33.5 Å². The molecule has 1 N–H and O–H groups in total. The number of hydrogen-bond acceptors (Lipinski definition) is 6. The van der Waals surface area contributed by atoms with Crippen LogP contribution in [0.1, 0.15) is 11.1 Å². The van der Waals surface area contributed by atoms with Gasteiger partial charge in [0.2, 0.25) is 11.7 Å². The Morgan fingerprint density at radius 2 is 2.03 bits per heavy atom. The van der Waals surface area contributed by atoms with Crippen molar-refractivity contribution in [1.29, 1.82) is 0 Å². The summed E-state index contributed by atoms with van der Waals surface area (Å²) in [7, 11) is 1.61. The molecule has 0 fully saturated rings. The molecule has 1 amide bonds. The van der Waals surface area contributed by atoms with Gasteiger partial charge in [-0.2, -0.15) is 0 Å². The topological polar surface area (TPSA) is 82.2 Å². The molecule has 0 aliphatic carbocycles. The maximum Gasteiger partial charge on any atom is 0.234 e. The van der Waals surface area contributed by atoms with Crippen molar-refractivity contribution in [2.75, 3.05) is 18.2 Å². The smallest absolute Gasteiger partial charge is 0.234 e. The first-order chi connectivity index (χ1) is 15.9. The number of ether oxygens (including phenoxy) is 1. The van der Waals surface area contributed by atoms with Crippen LogP contribution in [0, 0.1) is 17.4 Å². The molecular formula is C24H23IN4O3S. The van der Waals surface area contributed by atoms with Crippen molar-refractivity contribution in [3.05, 3.63) is 63.8 Å². The van der Waals surface area contributed by atoms with Crippen LogP contribution in [0.15, 0.2) is 58.6 Å². The molecule has 4 rings (SSSR count). The molecule has 4 aromatic rings. The van der Waals surface area contributed by atoms with Gasteiger partial charge in [0.15, 0.2) is 22.2 Å². The van der Waals surface area contributed by atoms with Gasteiger partial charge in [-0.25, -0.2) is 0 Å². The van der Waals surface area contributed by atoms with Crippen molar-refractivity contribution < 1.29 is 13.9 Å². The number of nitrogens with one attached hydrogen (secondary N) is 1. The number of hydrogen-bond donors (Lipinski definition) is 1. The van der Waals surface area contributed by atoms with E-state index >= 15 is 0 Å². The quantitative estimate of drug-likeness (QED) is 0.162. The van der Waals surface area contributed by atoms with E-state index in [-0.39, 0.29) is 11.7 Å². The van der Waals surface area contributed by atoms with Crippen LogP contribution in [-0.2, 0) is 11.3 Å². The van der Waals surface area contributed by atoms with Gasteiger partial charge in [0.1, 0.15) is 0 Å². The van der Waals surface area contributed by atoms with Crippen LogP contribution in [0.25, 0.3) is 22.6 Å². The third kappa shape index (κ3) is 4.93. The highest BCUT2D eigenvalue weighted by atomic mass is 127. The molecule has 33 heavy (non-hydrogen) atoms. The Morgan fingerprint density at radius 3 is 2.73 bits per heavy atom. The predicted octanol–water partition coefficient (Wildman–Crippen LogP) is 5.84. The summed E-state index contributed by atoms with van der Waals surface area (Å²) in [4.78, 5) is 12.7. The lowest BCUT2D eigenvalue weighted by Crippen LogP contribution is -2.16. The standard InChI is InChI=1S/C24H23IN4O3S/c1-5-9-29-23(19-12-16-7-6-8-18(31-4)22(16)32-19)27-28-24(29)33-13-20(30)26-21-14(2)10-17(25)11-15(21)3/h5-8,10-12H,1,9,13H2,2-4H3,(H,26,30). The fourth-order valence-electron chi connectivity index (χ4n) is 3.59. The highest BCUT2D eigenvalue weighted by molar-refractivity contribution is 14.1. The van der Waals surface area contributed by atoms with Crippen LogP contribution in [0.4, 0.5) is 5.69 Å². The Kier molecular flexibility index (Phi) is 7.08. The van der Waals surface area contributed by atoms with Gasteiger partial charge in [0.25, 0.3) is 0 Å². The molecule has 0 saturated carbocycles. The molecule has 2 heterocycles. The fraction of sp³-hybridized carbons (Fsp3) is 0.208. The maximum absolute atomic E-state index is 12.7. The zero-order valence-electron chi connectivity index (χ0n) is 18.5. The van der Waals surface area contributed by atoms with Crippen molar-refractivity contribution >= 4 is 56.9 Å². The van der Waals surface area contributed by atoms with E-state index in [2.05, 4.69) is 44.7 Å². The summed E-state index contributed by atoms with van der Waals surface area (Å²) in [5, 5.41) is 13.2. The Labute approximate surface area is 209 Å². The van der Waals surface area contributed by atoms with Gasteiger partial charge >= 0.3 is 0 Å². The molecule has 170 valence electrons. The Morgan fingerprint density at radius 1 is 1.27 bits per heavy atom. The van der Waals surface area contributed by atoms with Gasteiger partial charge in [0.05, 0.1) is 12.9 Å². The summed E-state index contributed by atoms with van der Waals surface area (Å²) in [6, 6.07) is 11.7. The highest BCUT2D eigenvalue weighted by Crippen LogP contribution is 2.34. The van der Waals surface area contributed by atoms with Gasteiger partial charge < -0.3 is 14.5 Å². The number of aryl methyl sites for hydroxylation is 2. The summed E-state index contributed by atoms with van der Waals surface area (Å²) in [5.41, 5.74) is 3.58. The van der Waals surface area contributed by atoms with Crippen molar-refractivity contribution in [3.63, 3.8) is 0 Å². The fourth-order valence-corrected chi connectivity index (χ4v) is 5.27. The van der Waals surface area contributed by atoms with Gasteiger partial charge in [-0.1, -0.05) is 30.0 Å². The van der Waals surface area contributed by atoms with Gasteiger partial charge in [-0.15, -0.1) is 16.8 Å². The van der Waals surface area contributed by atoms with E-state index < -0.39 is 0 Å². The minimum atomic E-state index is -0.101. The second-order valence-electron chi connectivity index (χ2n) is 7.45. The summed E-state index contributed by atoms with van der Waals surface area (Å²) >= 11 is 3.60. The van der Waals surface area contributed by atoms with Gasteiger partial charge in [-0.3, -0.25) is 9.36 Å². The largest absolute Gasteiger partial charge is 0.493 e. The summed E-state index contributed by atoms with van der Waals surface area (Å²) in [5.74, 6) is 1.90. The number of methoxy groups -OCH3 is 1.